The molecule has 0 saturated heterocycles. The molecule has 0 amide bonds. The van der Waals surface area contributed by atoms with Crippen LogP contribution in [-0.4, -0.2) is 52.3 Å². The molecule has 0 radical (unpaired) electrons. The lowest BCUT2D eigenvalue weighted by atomic mass is 10.1. The largest absolute Gasteiger partial charge is 0.469 e. The summed E-state index contributed by atoms with van der Waals surface area (Å²) in [4.78, 5) is 42.8. The number of phosphoric ester groups is 1. The molecule has 0 rings (SSSR count). The molecule has 300 valence electrons. The minimum Gasteiger partial charge on any atom is -0.462 e. The maximum Gasteiger partial charge on any atom is 0.469 e. The number of aliphatic hydroxyl groups is 1. The minimum atomic E-state index is -4.81. The van der Waals surface area contributed by atoms with Gasteiger partial charge in [-0.1, -0.05) is 145 Å². The van der Waals surface area contributed by atoms with Crippen LogP contribution in [-0.2, 0) is 28.2 Å². The molecule has 0 aliphatic rings. The van der Waals surface area contributed by atoms with Gasteiger partial charge in [0.05, 0.1) is 12.7 Å². The number of unbranched alkanes of at least 4 members (excludes halogenated alkanes) is 15. The molecule has 9 nitrogen and oxygen atoms in total. The first-order valence-electron chi connectivity index (χ1n) is 20.2. The highest BCUT2D eigenvalue weighted by atomic mass is 31.2. The van der Waals surface area contributed by atoms with E-state index in [-0.39, 0.29) is 19.4 Å². The molecule has 0 bridgehead atoms. The maximum absolute atomic E-state index is 12.4. The highest BCUT2D eigenvalue weighted by Gasteiger charge is 2.23. The third-order valence-electron chi connectivity index (χ3n) is 8.36. The van der Waals surface area contributed by atoms with E-state index in [2.05, 4.69) is 54.8 Å². The fourth-order valence-electron chi connectivity index (χ4n) is 5.29. The Morgan fingerprint density at radius 1 is 0.596 bits per heavy atom. The van der Waals surface area contributed by atoms with Crippen LogP contribution < -0.4 is 0 Å². The van der Waals surface area contributed by atoms with Gasteiger partial charge in [-0.2, -0.15) is 0 Å². The number of esters is 2. The van der Waals surface area contributed by atoms with E-state index in [4.69, 9.17) is 19.3 Å². The van der Waals surface area contributed by atoms with Crippen LogP contribution in [0.15, 0.2) is 60.8 Å². The Labute approximate surface area is 316 Å². The average molecular weight is 753 g/mol. The van der Waals surface area contributed by atoms with Crippen molar-refractivity contribution < 1.29 is 43.0 Å². The van der Waals surface area contributed by atoms with Gasteiger partial charge in [-0.3, -0.25) is 14.1 Å². The predicted octanol–water partition coefficient (Wildman–Crippen LogP) is 11.1. The lowest BCUT2D eigenvalue weighted by Gasteiger charge is -2.18. The van der Waals surface area contributed by atoms with Crippen LogP contribution in [0.5, 0.6) is 0 Å². The number of phosphoric acid groups is 1. The number of carbonyl (C=O) groups is 2. The lowest BCUT2D eigenvalue weighted by molar-refractivity contribution is -0.161. The van der Waals surface area contributed by atoms with Crippen LogP contribution >= 0.6 is 7.82 Å². The van der Waals surface area contributed by atoms with Crippen molar-refractivity contribution in [2.75, 3.05) is 13.2 Å². The molecule has 3 N–H and O–H groups in total. The number of rotatable bonds is 36. The Balaban J connectivity index is 4.16. The molecule has 52 heavy (non-hydrogen) atoms. The van der Waals surface area contributed by atoms with E-state index in [1.165, 1.54) is 64.2 Å². The van der Waals surface area contributed by atoms with Crippen LogP contribution in [0, 0.1) is 0 Å². The second-order valence-electron chi connectivity index (χ2n) is 13.5. The van der Waals surface area contributed by atoms with Crippen molar-refractivity contribution in [2.45, 2.75) is 180 Å². The van der Waals surface area contributed by atoms with Gasteiger partial charge in [-0.15, -0.1) is 0 Å². The molecule has 0 aromatic carbocycles. The zero-order chi connectivity index (χ0) is 38.4. The Bertz CT molecular complexity index is 1040. The Kier molecular flexibility index (Phi) is 35.4. The molecule has 2 atom stereocenters. The standard InChI is InChI=1S/C42H73O9P/c1-3-5-7-9-11-13-15-17-18-19-21-23-25-27-29-31-35-41(44)49-37-40(38-50-52(46,47)48)51-42(45)36-32-34-39(43)33-30-28-26-24-22-20-16-14-12-10-8-6-4-2/h11,13,17-18,20,22,26,28,30,33,39-40,43H,3-10,12,14-16,19,21,23-25,27,29,31-32,34-38H2,1-2H3,(H2,46,47,48)/b13-11-,18-17-,22-20+,28-26+,33-30+/t39?,40-/m1/s1. The van der Waals surface area contributed by atoms with E-state index in [1.807, 2.05) is 12.2 Å². The number of hydrogen-bond acceptors (Lipinski definition) is 7. The number of hydrogen-bond donors (Lipinski definition) is 3. The molecule has 0 fully saturated rings. The highest BCUT2D eigenvalue weighted by Crippen LogP contribution is 2.36. The summed E-state index contributed by atoms with van der Waals surface area (Å²) < 4.78 is 26.2. The maximum atomic E-state index is 12.4. The zero-order valence-corrected chi connectivity index (χ0v) is 33.4. The van der Waals surface area contributed by atoms with Gasteiger partial charge in [0.1, 0.15) is 6.61 Å². The van der Waals surface area contributed by atoms with Crippen LogP contribution in [0.1, 0.15) is 168 Å². The molecular weight excluding hydrogens is 679 g/mol. The van der Waals surface area contributed by atoms with Crippen molar-refractivity contribution in [1.29, 1.82) is 0 Å². The van der Waals surface area contributed by atoms with E-state index in [1.54, 1.807) is 12.2 Å². The van der Waals surface area contributed by atoms with Crippen molar-refractivity contribution in [2.24, 2.45) is 0 Å². The van der Waals surface area contributed by atoms with Gasteiger partial charge < -0.3 is 24.4 Å². The Hall–Kier alpha value is -2.29. The van der Waals surface area contributed by atoms with Gasteiger partial charge >= 0.3 is 19.8 Å². The summed E-state index contributed by atoms with van der Waals surface area (Å²) >= 11 is 0. The third-order valence-corrected chi connectivity index (χ3v) is 8.85. The zero-order valence-electron chi connectivity index (χ0n) is 32.6. The van der Waals surface area contributed by atoms with Gasteiger partial charge in [-0.05, 0) is 70.6 Å². The van der Waals surface area contributed by atoms with Gasteiger partial charge in [-0.25, -0.2) is 4.57 Å². The second kappa shape index (κ2) is 37.0. The van der Waals surface area contributed by atoms with E-state index in [0.717, 1.165) is 57.8 Å². The molecule has 1 unspecified atom stereocenters. The van der Waals surface area contributed by atoms with Crippen LogP contribution in [0.25, 0.3) is 0 Å². The summed E-state index contributed by atoms with van der Waals surface area (Å²) in [5.74, 6) is -1.10. The van der Waals surface area contributed by atoms with Gasteiger partial charge in [0.2, 0.25) is 0 Å². The summed E-state index contributed by atoms with van der Waals surface area (Å²) in [5, 5.41) is 10.2. The van der Waals surface area contributed by atoms with Crippen LogP contribution in [0.2, 0.25) is 0 Å². The van der Waals surface area contributed by atoms with Crippen LogP contribution in [0.4, 0.5) is 0 Å². The fraction of sp³-hybridized carbons (Fsp3) is 0.714. The third kappa shape index (κ3) is 38.9. The number of aliphatic hydroxyl groups excluding tert-OH is 1. The second-order valence-corrected chi connectivity index (χ2v) is 14.7. The first-order valence-corrected chi connectivity index (χ1v) is 21.7. The van der Waals surface area contributed by atoms with Crippen molar-refractivity contribution in [3.8, 4) is 0 Å². The summed E-state index contributed by atoms with van der Waals surface area (Å²) in [6, 6.07) is 0. The molecule has 0 aliphatic carbocycles. The molecule has 0 heterocycles. The summed E-state index contributed by atoms with van der Waals surface area (Å²) in [6.45, 7) is 3.47. The number of allylic oxidation sites excluding steroid dienone is 9. The van der Waals surface area contributed by atoms with Crippen molar-refractivity contribution in [3.63, 3.8) is 0 Å². The Morgan fingerprint density at radius 2 is 1.10 bits per heavy atom. The normalized spacial score (nSPS) is 13.7. The van der Waals surface area contributed by atoms with E-state index in [9.17, 15) is 19.3 Å². The summed E-state index contributed by atoms with van der Waals surface area (Å²) in [6.07, 6.45) is 42.5. The molecular formula is C42H73O9P. The van der Waals surface area contributed by atoms with Crippen molar-refractivity contribution >= 4 is 19.8 Å². The molecule has 10 heteroatoms. The topological polar surface area (TPSA) is 140 Å². The van der Waals surface area contributed by atoms with E-state index < -0.39 is 38.6 Å². The van der Waals surface area contributed by atoms with Gasteiger partial charge in [0.15, 0.2) is 6.10 Å². The monoisotopic (exact) mass is 752 g/mol. The number of carbonyl (C=O) groups excluding carboxylic acids is 2. The van der Waals surface area contributed by atoms with Gasteiger partial charge in [0.25, 0.3) is 0 Å². The Morgan fingerprint density at radius 3 is 1.69 bits per heavy atom. The molecule has 0 spiro atoms. The number of ether oxygens (including phenoxy) is 2. The highest BCUT2D eigenvalue weighted by molar-refractivity contribution is 7.46. The molecule has 0 aromatic rings. The van der Waals surface area contributed by atoms with E-state index in [0.29, 0.717) is 19.3 Å². The predicted molar refractivity (Wildman–Crippen MR) is 213 cm³/mol. The SMILES string of the molecule is CCCCC/C=C\C/C=C\CCCCCCCCC(=O)OC[C@H](COP(=O)(O)O)OC(=O)CCCC(O)/C=C/C=C/C/C=C/CCCCCCCC. The lowest BCUT2D eigenvalue weighted by Crippen LogP contribution is -2.29. The van der Waals surface area contributed by atoms with Crippen LogP contribution in [0.3, 0.4) is 0 Å². The summed E-state index contributed by atoms with van der Waals surface area (Å²) in [5.41, 5.74) is 0. The van der Waals surface area contributed by atoms with Crippen molar-refractivity contribution in [1.82, 2.24) is 0 Å². The minimum absolute atomic E-state index is 0.0165. The molecule has 0 saturated carbocycles. The van der Waals surface area contributed by atoms with Gasteiger partial charge in [0, 0.05) is 12.8 Å². The fourth-order valence-corrected chi connectivity index (χ4v) is 5.65. The summed E-state index contributed by atoms with van der Waals surface area (Å²) in [7, 11) is -4.81. The smallest absolute Gasteiger partial charge is 0.462 e. The van der Waals surface area contributed by atoms with Crippen molar-refractivity contribution in [3.05, 3.63) is 60.8 Å². The molecule has 0 aromatic heterocycles. The average Bonchev–Trinajstić information content (AvgIpc) is 3.10. The first kappa shape index (κ1) is 49.7. The van der Waals surface area contributed by atoms with E-state index >= 15 is 0 Å². The molecule has 0 aliphatic heterocycles. The quantitative estimate of drug-likeness (QED) is 0.0187. The first-order chi connectivity index (χ1) is 25.2.